The Bertz CT molecular complexity index is 704. The van der Waals surface area contributed by atoms with Gasteiger partial charge in [-0.1, -0.05) is 24.3 Å². The summed E-state index contributed by atoms with van der Waals surface area (Å²) in [7, 11) is 0. The van der Waals surface area contributed by atoms with E-state index >= 15 is 0 Å². The van der Waals surface area contributed by atoms with Crippen molar-refractivity contribution in [1.29, 1.82) is 0 Å². The molecule has 1 aromatic heterocycles. The summed E-state index contributed by atoms with van der Waals surface area (Å²) in [5.41, 5.74) is 2.71. The van der Waals surface area contributed by atoms with Gasteiger partial charge in [0.1, 0.15) is 5.82 Å². The van der Waals surface area contributed by atoms with Gasteiger partial charge in [-0.3, -0.25) is 4.79 Å². The van der Waals surface area contributed by atoms with Gasteiger partial charge in [0.15, 0.2) is 0 Å². The summed E-state index contributed by atoms with van der Waals surface area (Å²) in [5.74, 6) is 0.772. The maximum Gasteiger partial charge on any atom is 0.231 e. The van der Waals surface area contributed by atoms with Gasteiger partial charge in [-0.2, -0.15) is 5.10 Å². The first-order chi connectivity index (χ1) is 11.3. The van der Waals surface area contributed by atoms with Gasteiger partial charge < -0.3 is 10.1 Å². The van der Waals surface area contributed by atoms with Gasteiger partial charge in [-0.25, -0.2) is 4.68 Å². The summed E-state index contributed by atoms with van der Waals surface area (Å²) >= 11 is 0. The highest BCUT2D eigenvalue weighted by Gasteiger charge is 2.27. The zero-order chi connectivity index (χ0) is 15.6. The van der Waals surface area contributed by atoms with Crippen LogP contribution in [-0.2, 0) is 16.0 Å². The molecule has 1 N–H and O–H groups in total. The summed E-state index contributed by atoms with van der Waals surface area (Å²) in [6.45, 7) is 1.19. The van der Waals surface area contributed by atoms with Crippen LogP contribution in [0.1, 0.15) is 36.4 Å². The van der Waals surface area contributed by atoms with Crippen molar-refractivity contribution < 1.29 is 9.53 Å². The number of benzene rings is 1. The van der Waals surface area contributed by atoms with Crippen LogP contribution in [0, 0.1) is 5.92 Å². The molecule has 0 saturated carbocycles. The number of anilines is 1. The van der Waals surface area contributed by atoms with Gasteiger partial charge in [0.25, 0.3) is 0 Å². The van der Waals surface area contributed by atoms with Crippen LogP contribution >= 0.6 is 0 Å². The highest BCUT2D eigenvalue weighted by molar-refractivity contribution is 5.92. The molecule has 0 unspecified atom stereocenters. The molecule has 2 heterocycles. The number of hydrogen-bond acceptors (Lipinski definition) is 3. The maximum absolute atomic E-state index is 12.4. The number of nitrogens with one attached hydrogen (secondary N) is 1. The molecule has 5 nitrogen and oxygen atoms in total. The zero-order valence-corrected chi connectivity index (χ0v) is 13.1. The first-order valence-corrected chi connectivity index (χ1v) is 8.33. The van der Waals surface area contributed by atoms with Crippen LogP contribution in [0.4, 0.5) is 5.82 Å². The molecule has 2 atom stereocenters. The smallest absolute Gasteiger partial charge is 0.231 e. The number of hydrogen-bond donors (Lipinski definition) is 1. The second-order valence-electron chi connectivity index (χ2n) is 6.32. The fourth-order valence-electron chi connectivity index (χ4n) is 3.61. The lowest BCUT2D eigenvalue weighted by molar-refractivity contribution is -0.119. The van der Waals surface area contributed by atoms with E-state index in [4.69, 9.17) is 4.74 Å². The Hall–Kier alpha value is -2.14. The average molecular weight is 311 g/mol. The topological polar surface area (TPSA) is 56.2 Å². The minimum Gasteiger partial charge on any atom is -0.381 e. The van der Waals surface area contributed by atoms with Crippen molar-refractivity contribution in [2.24, 2.45) is 5.92 Å². The predicted molar refractivity (Wildman–Crippen MR) is 87.3 cm³/mol. The molecule has 0 spiro atoms. The monoisotopic (exact) mass is 311 g/mol. The second-order valence-corrected chi connectivity index (χ2v) is 6.32. The quantitative estimate of drug-likeness (QED) is 0.948. The summed E-state index contributed by atoms with van der Waals surface area (Å²) in [6, 6.07) is 10.6. The summed E-state index contributed by atoms with van der Waals surface area (Å²) in [6.07, 6.45) is 5.87. The van der Waals surface area contributed by atoms with Gasteiger partial charge in [0.05, 0.1) is 24.8 Å². The molecule has 2 aliphatic rings. The highest BCUT2D eigenvalue weighted by atomic mass is 16.5. The number of rotatable bonds is 3. The van der Waals surface area contributed by atoms with E-state index in [1.807, 2.05) is 10.7 Å². The molecule has 1 aliphatic carbocycles. The number of carbonyl (C=O) groups is 1. The summed E-state index contributed by atoms with van der Waals surface area (Å²) in [5, 5.41) is 7.53. The third kappa shape index (κ3) is 2.77. The molecule has 0 bridgehead atoms. The number of fused-ring (bicyclic) bond motifs is 1. The Kier molecular flexibility index (Phi) is 3.87. The lowest BCUT2D eigenvalue weighted by Gasteiger charge is -2.27. The van der Waals surface area contributed by atoms with Crippen molar-refractivity contribution in [1.82, 2.24) is 9.78 Å². The van der Waals surface area contributed by atoms with Crippen molar-refractivity contribution in [3.8, 4) is 0 Å². The largest absolute Gasteiger partial charge is 0.381 e. The molecular formula is C18H21N3O2. The average Bonchev–Trinajstić information content (AvgIpc) is 3.26. The van der Waals surface area contributed by atoms with Crippen LogP contribution in [0.3, 0.4) is 0 Å². The third-order valence-electron chi connectivity index (χ3n) is 4.86. The predicted octanol–water partition coefficient (Wildman–Crippen LogP) is 2.78. The van der Waals surface area contributed by atoms with E-state index in [0.29, 0.717) is 13.2 Å². The van der Waals surface area contributed by atoms with E-state index in [1.54, 1.807) is 6.20 Å². The summed E-state index contributed by atoms with van der Waals surface area (Å²) in [4.78, 5) is 12.4. The number of ether oxygens (including phenoxy) is 1. The molecule has 23 heavy (non-hydrogen) atoms. The number of amides is 1. The minimum atomic E-state index is -0.0445. The van der Waals surface area contributed by atoms with Crippen LogP contribution < -0.4 is 5.32 Å². The summed E-state index contributed by atoms with van der Waals surface area (Å²) < 4.78 is 7.27. The molecule has 120 valence electrons. The zero-order valence-electron chi connectivity index (χ0n) is 13.1. The first kappa shape index (κ1) is 14.5. The number of nitrogens with zero attached hydrogens (tertiary/aromatic N) is 2. The third-order valence-corrected chi connectivity index (χ3v) is 4.86. The lowest BCUT2D eigenvalue weighted by atomic mass is 9.88. The van der Waals surface area contributed by atoms with E-state index in [2.05, 4.69) is 34.7 Å². The minimum absolute atomic E-state index is 0.0355. The Morgan fingerprint density at radius 3 is 3.04 bits per heavy atom. The molecular weight excluding hydrogens is 290 g/mol. The van der Waals surface area contributed by atoms with Crippen molar-refractivity contribution in [2.75, 3.05) is 18.5 Å². The first-order valence-electron chi connectivity index (χ1n) is 8.33. The van der Waals surface area contributed by atoms with E-state index in [9.17, 15) is 4.79 Å². The van der Waals surface area contributed by atoms with Crippen molar-refractivity contribution in [3.63, 3.8) is 0 Å². The van der Waals surface area contributed by atoms with E-state index in [-0.39, 0.29) is 17.9 Å². The van der Waals surface area contributed by atoms with Gasteiger partial charge in [0, 0.05) is 12.7 Å². The molecule has 0 radical (unpaired) electrons. The molecule has 2 aromatic rings. The Morgan fingerprint density at radius 1 is 1.26 bits per heavy atom. The van der Waals surface area contributed by atoms with Gasteiger partial charge >= 0.3 is 0 Å². The van der Waals surface area contributed by atoms with E-state index in [1.165, 1.54) is 11.1 Å². The highest BCUT2D eigenvalue weighted by Crippen LogP contribution is 2.34. The Balaban J connectivity index is 1.59. The fraction of sp³-hybridized carbons (Fsp3) is 0.444. The molecule has 4 rings (SSSR count). The SMILES string of the molecule is O=C(Nc1ccnn1[C@H]1CCCc2ccccc21)[C@@H]1CCOC1. The molecule has 1 saturated heterocycles. The molecule has 5 heteroatoms. The van der Waals surface area contributed by atoms with Crippen molar-refractivity contribution in [3.05, 3.63) is 47.7 Å². The number of aryl methyl sites for hydroxylation is 1. The van der Waals surface area contributed by atoms with Crippen molar-refractivity contribution >= 4 is 11.7 Å². The van der Waals surface area contributed by atoms with E-state index in [0.717, 1.165) is 31.5 Å². The molecule has 1 amide bonds. The van der Waals surface area contributed by atoms with Crippen LogP contribution in [0.2, 0.25) is 0 Å². The Morgan fingerprint density at radius 2 is 2.17 bits per heavy atom. The van der Waals surface area contributed by atoms with Gasteiger partial charge in [0.2, 0.25) is 5.91 Å². The fourth-order valence-corrected chi connectivity index (χ4v) is 3.61. The number of carbonyl (C=O) groups excluding carboxylic acids is 1. The van der Waals surface area contributed by atoms with Crippen LogP contribution in [0.25, 0.3) is 0 Å². The molecule has 1 aromatic carbocycles. The van der Waals surface area contributed by atoms with Crippen molar-refractivity contribution in [2.45, 2.75) is 31.7 Å². The van der Waals surface area contributed by atoms with Crippen LogP contribution in [-0.4, -0.2) is 28.9 Å². The maximum atomic E-state index is 12.4. The second kappa shape index (κ2) is 6.16. The lowest BCUT2D eigenvalue weighted by Crippen LogP contribution is -2.26. The molecule has 1 fully saturated rings. The van der Waals surface area contributed by atoms with Crippen LogP contribution in [0.5, 0.6) is 0 Å². The standard InChI is InChI=1S/C18H21N3O2/c22-18(14-9-11-23-12-14)20-17-8-10-19-21(17)16-7-3-5-13-4-1-2-6-15(13)16/h1-2,4,6,8,10,14,16H,3,5,7,9,11-12H2,(H,20,22)/t14-,16+/m1/s1. The normalized spacial score (nSPS) is 23.5. The molecule has 1 aliphatic heterocycles. The van der Waals surface area contributed by atoms with Gasteiger partial charge in [-0.05, 0) is 36.8 Å². The Labute approximate surface area is 135 Å². The van der Waals surface area contributed by atoms with E-state index < -0.39 is 0 Å². The number of aromatic nitrogens is 2. The van der Waals surface area contributed by atoms with Gasteiger partial charge in [-0.15, -0.1) is 0 Å². The van der Waals surface area contributed by atoms with Crippen LogP contribution in [0.15, 0.2) is 36.5 Å².